The second kappa shape index (κ2) is 3.96. The van der Waals surface area contributed by atoms with Crippen molar-refractivity contribution in [3.8, 4) is 0 Å². The molecule has 3 rings (SSSR count). The molecule has 0 radical (unpaired) electrons. The first-order valence-electron chi connectivity index (χ1n) is 5.50. The van der Waals surface area contributed by atoms with E-state index in [2.05, 4.69) is 17.1 Å². The van der Waals surface area contributed by atoms with Gasteiger partial charge in [-0.1, -0.05) is 24.3 Å². The first-order chi connectivity index (χ1) is 8.24. The zero-order chi connectivity index (χ0) is 11.8. The largest absolute Gasteiger partial charge is 0.477 e. The minimum absolute atomic E-state index is 0.330. The SMILES string of the molecule is O=C(O)c1cnc(C2Cc3ccccc3C2)s1. The summed E-state index contributed by atoms with van der Waals surface area (Å²) in [6.07, 6.45) is 3.41. The molecule has 2 aromatic rings. The van der Waals surface area contributed by atoms with Gasteiger partial charge in [0.1, 0.15) is 4.88 Å². The number of aromatic carboxylic acids is 1. The Kier molecular flexibility index (Phi) is 2.44. The van der Waals surface area contributed by atoms with E-state index >= 15 is 0 Å². The normalized spacial score (nSPS) is 14.8. The number of carbonyl (C=O) groups is 1. The van der Waals surface area contributed by atoms with Crippen molar-refractivity contribution in [3.05, 3.63) is 51.5 Å². The molecule has 17 heavy (non-hydrogen) atoms. The van der Waals surface area contributed by atoms with E-state index in [9.17, 15) is 4.79 Å². The maximum Gasteiger partial charge on any atom is 0.347 e. The van der Waals surface area contributed by atoms with Crippen molar-refractivity contribution in [2.45, 2.75) is 18.8 Å². The Bertz CT molecular complexity index is 551. The number of nitrogens with zero attached hydrogens (tertiary/aromatic N) is 1. The van der Waals surface area contributed by atoms with Crippen molar-refractivity contribution in [3.63, 3.8) is 0 Å². The van der Waals surface area contributed by atoms with Crippen LogP contribution >= 0.6 is 11.3 Å². The van der Waals surface area contributed by atoms with Crippen LogP contribution in [0.2, 0.25) is 0 Å². The lowest BCUT2D eigenvalue weighted by Crippen LogP contribution is -1.96. The smallest absolute Gasteiger partial charge is 0.347 e. The predicted molar refractivity (Wildman–Crippen MR) is 65.7 cm³/mol. The fourth-order valence-corrected chi connectivity index (χ4v) is 3.17. The number of thiazole rings is 1. The van der Waals surface area contributed by atoms with Crippen LogP contribution in [0, 0.1) is 0 Å². The molecule has 0 atom stereocenters. The quantitative estimate of drug-likeness (QED) is 0.885. The van der Waals surface area contributed by atoms with Crippen LogP contribution in [0.15, 0.2) is 30.5 Å². The van der Waals surface area contributed by atoms with Crippen LogP contribution in [0.1, 0.15) is 31.7 Å². The van der Waals surface area contributed by atoms with E-state index in [0.29, 0.717) is 10.8 Å². The van der Waals surface area contributed by atoms with Crippen molar-refractivity contribution in [2.24, 2.45) is 0 Å². The summed E-state index contributed by atoms with van der Waals surface area (Å²) in [5.74, 6) is -0.533. The third-order valence-electron chi connectivity index (χ3n) is 3.13. The second-order valence-corrected chi connectivity index (χ2v) is 5.30. The number of benzene rings is 1. The van der Waals surface area contributed by atoms with Crippen molar-refractivity contribution in [1.29, 1.82) is 0 Å². The monoisotopic (exact) mass is 245 g/mol. The van der Waals surface area contributed by atoms with Gasteiger partial charge in [0.05, 0.1) is 11.2 Å². The number of carboxylic acid groups (broad SMARTS) is 1. The Hall–Kier alpha value is -1.68. The molecule has 0 amide bonds. The zero-order valence-corrected chi connectivity index (χ0v) is 9.91. The summed E-state index contributed by atoms with van der Waals surface area (Å²) in [5, 5.41) is 9.83. The summed E-state index contributed by atoms with van der Waals surface area (Å²) in [5.41, 5.74) is 2.73. The van der Waals surface area contributed by atoms with Crippen molar-refractivity contribution >= 4 is 17.3 Å². The molecule has 0 fully saturated rings. The van der Waals surface area contributed by atoms with Gasteiger partial charge >= 0.3 is 5.97 Å². The molecule has 0 aliphatic heterocycles. The summed E-state index contributed by atoms with van der Waals surface area (Å²) in [4.78, 5) is 15.4. The standard InChI is InChI=1S/C13H11NO2S/c15-13(16)11-7-14-12(17-11)10-5-8-3-1-2-4-9(8)6-10/h1-4,7,10H,5-6H2,(H,15,16). The van der Waals surface area contributed by atoms with Crippen LogP contribution in [-0.4, -0.2) is 16.1 Å². The van der Waals surface area contributed by atoms with Gasteiger partial charge in [0, 0.05) is 5.92 Å². The Morgan fingerprint density at radius 3 is 2.47 bits per heavy atom. The fourth-order valence-electron chi connectivity index (χ4n) is 2.31. The highest BCUT2D eigenvalue weighted by Crippen LogP contribution is 2.35. The third kappa shape index (κ3) is 1.85. The van der Waals surface area contributed by atoms with Gasteiger partial charge in [0.15, 0.2) is 0 Å². The number of aromatic nitrogens is 1. The maximum atomic E-state index is 10.8. The minimum atomic E-state index is -0.885. The number of carboxylic acids is 1. The lowest BCUT2D eigenvalue weighted by Gasteiger charge is -2.02. The molecule has 4 heteroatoms. The van der Waals surface area contributed by atoms with Gasteiger partial charge in [-0.25, -0.2) is 9.78 Å². The van der Waals surface area contributed by atoms with Gasteiger partial charge in [0.2, 0.25) is 0 Å². The van der Waals surface area contributed by atoms with Crippen LogP contribution in [0.3, 0.4) is 0 Å². The summed E-state index contributed by atoms with van der Waals surface area (Å²) in [6, 6.07) is 8.37. The highest BCUT2D eigenvalue weighted by molar-refractivity contribution is 7.13. The average molecular weight is 245 g/mol. The predicted octanol–water partition coefficient (Wildman–Crippen LogP) is 2.72. The number of fused-ring (bicyclic) bond motifs is 1. The molecule has 1 aliphatic rings. The molecule has 0 saturated carbocycles. The van der Waals surface area contributed by atoms with E-state index in [1.165, 1.54) is 28.7 Å². The molecule has 0 saturated heterocycles. The van der Waals surface area contributed by atoms with E-state index in [1.807, 2.05) is 12.1 Å². The summed E-state index contributed by atoms with van der Waals surface area (Å²) >= 11 is 1.30. The Morgan fingerprint density at radius 1 is 1.29 bits per heavy atom. The van der Waals surface area contributed by atoms with E-state index in [-0.39, 0.29) is 0 Å². The average Bonchev–Trinajstić information content (AvgIpc) is 2.95. The Morgan fingerprint density at radius 2 is 1.94 bits per heavy atom. The molecule has 86 valence electrons. The molecule has 1 heterocycles. The van der Waals surface area contributed by atoms with Gasteiger partial charge in [-0.05, 0) is 24.0 Å². The van der Waals surface area contributed by atoms with Crippen LogP contribution < -0.4 is 0 Å². The van der Waals surface area contributed by atoms with Crippen LogP contribution in [0.25, 0.3) is 0 Å². The van der Waals surface area contributed by atoms with E-state index < -0.39 is 5.97 Å². The molecular formula is C13H11NO2S. The van der Waals surface area contributed by atoms with Crippen molar-refractivity contribution in [1.82, 2.24) is 4.98 Å². The van der Waals surface area contributed by atoms with Crippen molar-refractivity contribution in [2.75, 3.05) is 0 Å². The molecule has 0 bridgehead atoms. The Balaban J connectivity index is 1.86. The Labute approximate surface area is 103 Å². The first-order valence-corrected chi connectivity index (χ1v) is 6.31. The third-order valence-corrected chi connectivity index (χ3v) is 4.28. The van der Waals surface area contributed by atoms with Gasteiger partial charge in [0.25, 0.3) is 0 Å². The van der Waals surface area contributed by atoms with E-state index in [1.54, 1.807) is 0 Å². The van der Waals surface area contributed by atoms with Crippen LogP contribution in [-0.2, 0) is 12.8 Å². The van der Waals surface area contributed by atoms with Gasteiger partial charge in [-0.15, -0.1) is 11.3 Å². The highest BCUT2D eigenvalue weighted by Gasteiger charge is 2.25. The van der Waals surface area contributed by atoms with Crippen LogP contribution in [0.4, 0.5) is 0 Å². The van der Waals surface area contributed by atoms with Gasteiger partial charge < -0.3 is 5.11 Å². The number of hydrogen-bond donors (Lipinski definition) is 1. The summed E-state index contributed by atoms with van der Waals surface area (Å²) in [7, 11) is 0. The summed E-state index contributed by atoms with van der Waals surface area (Å²) < 4.78 is 0. The first kappa shape index (κ1) is 10.5. The molecule has 0 unspecified atom stereocenters. The lowest BCUT2D eigenvalue weighted by atomic mass is 10.1. The number of hydrogen-bond acceptors (Lipinski definition) is 3. The van der Waals surface area contributed by atoms with E-state index in [4.69, 9.17) is 5.11 Å². The minimum Gasteiger partial charge on any atom is -0.477 e. The van der Waals surface area contributed by atoms with Gasteiger partial charge in [-0.3, -0.25) is 0 Å². The molecule has 1 aromatic carbocycles. The zero-order valence-electron chi connectivity index (χ0n) is 9.09. The molecule has 0 spiro atoms. The molecule has 1 aliphatic carbocycles. The molecular weight excluding hydrogens is 234 g/mol. The number of rotatable bonds is 2. The van der Waals surface area contributed by atoms with E-state index in [0.717, 1.165) is 17.8 Å². The summed E-state index contributed by atoms with van der Waals surface area (Å²) in [6.45, 7) is 0. The maximum absolute atomic E-state index is 10.8. The molecule has 1 aromatic heterocycles. The van der Waals surface area contributed by atoms with Crippen LogP contribution in [0.5, 0.6) is 0 Å². The van der Waals surface area contributed by atoms with Crippen molar-refractivity contribution < 1.29 is 9.90 Å². The highest BCUT2D eigenvalue weighted by atomic mass is 32.1. The lowest BCUT2D eigenvalue weighted by molar-refractivity contribution is 0.0702. The molecule has 1 N–H and O–H groups in total. The fraction of sp³-hybridized carbons (Fsp3) is 0.231. The topological polar surface area (TPSA) is 50.2 Å². The second-order valence-electron chi connectivity index (χ2n) is 4.24. The van der Waals surface area contributed by atoms with Gasteiger partial charge in [-0.2, -0.15) is 0 Å². The molecule has 3 nitrogen and oxygen atoms in total.